The number of primary amides is 1. The lowest BCUT2D eigenvalue weighted by atomic mass is 9.76. The Bertz CT molecular complexity index is 634. The van der Waals surface area contributed by atoms with Crippen LogP contribution in [0.25, 0.3) is 0 Å². The van der Waals surface area contributed by atoms with Crippen LogP contribution in [0.5, 0.6) is 0 Å². The first-order valence-corrected chi connectivity index (χ1v) is 9.24. The zero-order valence-corrected chi connectivity index (χ0v) is 14.3. The van der Waals surface area contributed by atoms with Crippen molar-refractivity contribution in [2.24, 2.45) is 35.3 Å². The van der Waals surface area contributed by atoms with Crippen molar-refractivity contribution >= 4 is 17.7 Å². The Hall–Kier alpha value is -1.89. The van der Waals surface area contributed by atoms with Crippen LogP contribution in [0.4, 0.5) is 0 Å². The van der Waals surface area contributed by atoms with Crippen molar-refractivity contribution in [2.45, 2.75) is 37.8 Å². The molecule has 0 aromatic carbocycles. The van der Waals surface area contributed by atoms with Gasteiger partial charge in [0.1, 0.15) is 6.04 Å². The van der Waals surface area contributed by atoms with E-state index in [1.807, 2.05) is 0 Å². The molecule has 2 saturated heterocycles. The van der Waals surface area contributed by atoms with Gasteiger partial charge in [0.15, 0.2) is 0 Å². The summed E-state index contributed by atoms with van der Waals surface area (Å²) in [5.41, 5.74) is 6.74. The topological polar surface area (TPSA) is 113 Å². The number of carbonyl (C=O) groups is 3. The summed E-state index contributed by atoms with van der Waals surface area (Å²) in [6.45, 7) is 5.64. The molecule has 0 unspecified atom stereocenters. The summed E-state index contributed by atoms with van der Waals surface area (Å²) >= 11 is 0. The highest BCUT2D eigenvalue weighted by atomic mass is 16.2. The summed E-state index contributed by atoms with van der Waals surface area (Å²) in [5.74, 6) is 0.770. The van der Waals surface area contributed by atoms with Crippen LogP contribution in [0.15, 0.2) is 12.2 Å². The van der Waals surface area contributed by atoms with Crippen LogP contribution in [0.1, 0.15) is 25.7 Å². The summed E-state index contributed by atoms with van der Waals surface area (Å²) in [4.78, 5) is 36.4. The van der Waals surface area contributed by atoms with Gasteiger partial charge < -0.3 is 21.7 Å². The molecule has 0 aromatic heterocycles. The average Bonchev–Trinajstić information content (AvgIpc) is 3.28. The first-order chi connectivity index (χ1) is 12.0. The van der Waals surface area contributed by atoms with E-state index in [9.17, 15) is 14.4 Å². The van der Waals surface area contributed by atoms with E-state index in [2.05, 4.69) is 22.5 Å². The summed E-state index contributed by atoms with van der Waals surface area (Å²) in [7, 11) is 0. The number of nitrogens with two attached hydrogens (primary N) is 1. The van der Waals surface area contributed by atoms with Crippen molar-refractivity contribution in [1.82, 2.24) is 16.0 Å². The van der Waals surface area contributed by atoms with Crippen LogP contribution in [-0.4, -0.2) is 42.9 Å². The normalized spacial score (nSPS) is 40.0. The summed E-state index contributed by atoms with van der Waals surface area (Å²) < 4.78 is 0. The molecule has 5 N–H and O–H groups in total. The van der Waals surface area contributed by atoms with Crippen LogP contribution >= 0.6 is 0 Å². The number of rotatable bonds is 5. The lowest BCUT2D eigenvalue weighted by Crippen LogP contribution is -2.53. The Balaban J connectivity index is 1.42. The van der Waals surface area contributed by atoms with Crippen LogP contribution in [0.3, 0.4) is 0 Å². The van der Waals surface area contributed by atoms with E-state index in [0.29, 0.717) is 30.7 Å². The molecule has 0 radical (unpaired) electrons. The van der Waals surface area contributed by atoms with Crippen molar-refractivity contribution in [3.63, 3.8) is 0 Å². The lowest BCUT2D eigenvalue weighted by Gasteiger charge is -2.29. The molecule has 4 aliphatic rings. The minimum atomic E-state index is -0.802. The molecule has 7 heteroatoms. The molecular formula is C18H26N4O3. The molecule has 25 heavy (non-hydrogen) atoms. The fraction of sp³-hybridized carbons (Fsp3) is 0.722. The van der Waals surface area contributed by atoms with E-state index in [0.717, 1.165) is 19.4 Å². The van der Waals surface area contributed by atoms with Crippen LogP contribution in [0.2, 0.25) is 0 Å². The van der Waals surface area contributed by atoms with E-state index in [1.165, 1.54) is 5.57 Å². The van der Waals surface area contributed by atoms with Crippen LogP contribution in [-0.2, 0) is 14.4 Å². The summed E-state index contributed by atoms with van der Waals surface area (Å²) in [5, 5.41) is 8.90. The Kier molecular flexibility index (Phi) is 4.06. The Morgan fingerprint density at radius 2 is 2.20 bits per heavy atom. The standard InChI is InChI=1S/C18H26N4O3/c1-8-4-10-5-11(8)14-12(10)7-21-15(14)18(25)22-13(16(19)23)6-9-2-3-20-17(9)24/h9-15,21H,1-7H2,(H2,19,23)(H,20,24)(H,22,25)/t9-,10+,11+,12+,13-,14-,15-/m0/s1. The van der Waals surface area contributed by atoms with Crippen molar-refractivity contribution < 1.29 is 14.4 Å². The highest BCUT2D eigenvalue weighted by molar-refractivity contribution is 5.90. The molecule has 0 aromatic rings. The first-order valence-electron chi connectivity index (χ1n) is 9.24. The number of hydrogen-bond donors (Lipinski definition) is 4. The molecule has 2 heterocycles. The van der Waals surface area contributed by atoms with Crippen LogP contribution < -0.4 is 21.7 Å². The Morgan fingerprint density at radius 1 is 1.40 bits per heavy atom. The van der Waals surface area contributed by atoms with E-state index in [4.69, 9.17) is 5.73 Å². The Labute approximate surface area is 147 Å². The van der Waals surface area contributed by atoms with Gasteiger partial charge in [0.05, 0.1) is 6.04 Å². The highest BCUT2D eigenvalue weighted by Gasteiger charge is 2.56. The quantitative estimate of drug-likeness (QED) is 0.492. The third-order valence-electron chi connectivity index (χ3n) is 6.75. The van der Waals surface area contributed by atoms with E-state index < -0.39 is 11.9 Å². The number of hydrogen-bond acceptors (Lipinski definition) is 4. The van der Waals surface area contributed by atoms with Crippen molar-refractivity contribution in [2.75, 3.05) is 13.1 Å². The molecule has 2 aliphatic heterocycles. The highest BCUT2D eigenvalue weighted by Crippen LogP contribution is 2.57. The molecule has 2 bridgehead atoms. The average molecular weight is 346 g/mol. The fourth-order valence-corrected chi connectivity index (χ4v) is 5.54. The van der Waals surface area contributed by atoms with Gasteiger partial charge in [-0.3, -0.25) is 14.4 Å². The van der Waals surface area contributed by atoms with Crippen molar-refractivity contribution in [3.8, 4) is 0 Å². The predicted molar refractivity (Wildman–Crippen MR) is 91.0 cm³/mol. The summed E-state index contributed by atoms with van der Waals surface area (Å²) in [6.07, 6.45) is 3.17. The monoisotopic (exact) mass is 346 g/mol. The molecule has 7 atom stereocenters. The minimum absolute atomic E-state index is 0.0658. The lowest BCUT2D eigenvalue weighted by molar-refractivity contribution is -0.130. The predicted octanol–water partition coefficient (Wildman–Crippen LogP) is -0.717. The van der Waals surface area contributed by atoms with E-state index >= 15 is 0 Å². The number of fused-ring (bicyclic) bond motifs is 5. The fourth-order valence-electron chi connectivity index (χ4n) is 5.54. The zero-order valence-electron chi connectivity index (χ0n) is 14.3. The molecule has 2 aliphatic carbocycles. The van der Waals surface area contributed by atoms with Crippen molar-refractivity contribution in [1.29, 1.82) is 0 Å². The third-order valence-corrected chi connectivity index (χ3v) is 6.75. The number of nitrogens with one attached hydrogen (secondary N) is 3. The second-order valence-electron chi connectivity index (χ2n) is 8.07. The van der Waals surface area contributed by atoms with Gasteiger partial charge in [-0.1, -0.05) is 12.2 Å². The molecule has 4 fully saturated rings. The smallest absolute Gasteiger partial charge is 0.240 e. The van der Waals surface area contributed by atoms with Gasteiger partial charge in [0.25, 0.3) is 0 Å². The van der Waals surface area contributed by atoms with Gasteiger partial charge in [-0.25, -0.2) is 0 Å². The van der Waals surface area contributed by atoms with Gasteiger partial charge >= 0.3 is 0 Å². The minimum Gasteiger partial charge on any atom is -0.368 e. The van der Waals surface area contributed by atoms with Gasteiger partial charge in [-0.2, -0.15) is 0 Å². The zero-order chi connectivity index (χ0) is 17.7. The van der Waals surface area contributed by atoms with Gasteiger partial charge in [0.2, 0.25) is 17.7 Å². The van der Waals surface area contributed by atoms with Gasteiger partial charge in [0, 0.05) is 12.5 Å². The molecular weight excluding hydrogens is 320 g/mol. The van der Waals surface area contributed by atoms with E-state index in [-0.39, 0.29) is 36.1 Å². The second-order valence-corrected chi connectivity index (χ2v) is 8.07. The second kappa shape index (κ2) is 6.12. The van der Waals surface area contributed by atoms with Gasteiger partial charge in [-0.15, -0.1) is 0 Å². The maximum absolute atomic E-state index is 12.8. The maximum atomic E-state index is 12.8. The molecule has 4 rings (SSSR count). The molecule has 3 amide bonds. The maximum Gasteiger partial charge on any atom is 0.240 e. The summed E-state index contributed by atoms with van der Waals surface area (Å²) in [6, 6.07) is -1.10. The van der Waals surface area contributed by atoms with Gasteiger partial charge in [-0.05, 0) is 55.9 Å². The largest absolute Gasteiger partial charge is 0.368 e. The molecule has 2 saturated carbocycles. The SMILES string of the molecule is C=C1C[C@@H]2C[C@H]1[C@H]1[C@@H]2CN[C@@H]1C(=O)N[C@@H](C[C@@H]1CCNC1=O)C(N)=O. The first kappa shape index (κ1) is 16.6. The number of allylic oxidation sites excluding steroid dienone is 1. The molecule has 0 spiro atoms. The third kappa shape index (κ3) is 2.74. The number of amides is 3. The number of carbonyl (C=O) groups excluding carboxylic acids is 3. The Morgan fingerprint density at radius 3 is 2.88 bits per heavy atom. The molecule has 136 valence electrons. The van der Waals surface area contributed by atoms with E-state index in [1.54, 1.807) is 0 Å². The van der Waals surface area contributed by atoms with Crippen molar-refractivity contribution in [3.05, 3.63) is 12.2 Å². The molecule has 7 nitrogen and oxygen atoms in total. The van der Waals surface area contributed by atoms with Crippen LogP contribution in [0, 0.1) is 29.6 Å².